The van der Waals surface area contributed by atoms with Crippen LogP contribution in [0.1, 0.15) is 54.4 Å². The van der Waals surface area contributed by atoms with Gasteiger partial charge >= 0.3 is 5.97 Å². The normalized spacial score (nSPS) is 17.2. The van der Waals surface area contributed by atoms with Crippen LogP contribution < -0.4 is 5.32 Å². The molecule has 114 valence electrons. The number of carbonyl (C=O) groups excluding carboxylic acids is 1. The zero-order valence-electron chi connectivity index (χ0n) is 12.1. The van der Waals surface area contributed by atoms with E-state index in [4.69, 9.17) is 16.7 Å². The van der Waals surface area contributed by atoms with Gasteiger partial charge in [0.15, 0.2) is 0 Å². The van der Waals surface area contributed by atoms with Crippen molar-refractivity contribution in [2.75, 3.05) is 0 Å². The zero-order chi connectivity index (χ0) is 15.5. The molecule has 1 aromatic carbocycles. The highest BCUT2D eigenvalue weighted by atomic mass is 35.5. The van der Waals surface area contributed by atoms with Gasteiger partial charge < -0.3 is 10.4 Å². The number of hydrogen-bond acceptors (Lipinski definition) is 2. The number of benzene rings is 1. The van der Waals surface area contributed by atoms with Gasteiger partial charge in [-0.3, -0.25) is 9.59 Å². The second-order valence-corrected chi connectivity index (χ2v) is 6.24. The average Bonchev–Trinajstić information content (AvgIpc) is 2.41. The lowest BCUT2D eigenvalue weighted by atomic mass is 9.79. The Kier molecular flexibility index (Phi) is 4.88. The van der Waals surface area contributed by atoms with Crippen LogP contribution in [0.2, 0.25) is 5.02 Å². The van der Waals surface area contributed by atoms with E-state index in [9.17, 15) is 9.59 Å². The molecule has 1 aliphatic carbocycles. The lowest BCUT2D eigenvalue weighted by Gasteiger charge is -2.37. The SMILES string of the molecule is Cc1ccc(C(=O)NC2(CC(=O)O)CCCCC2)cc1Cl. The minimum absolute atomic E-state index is 0.0294. The van der Waals surface area contributed by atoms with E-state index in [1.54, 1.807) is 18.2 Å². The van der Waals surface area contributed by atoms with E-state index < -0.39 is 11.5 Å². The molecule has 0 unspecified atom stereocenters. The Morgan fingerprint density at radius 2 is 1.95 bits per heavy atom. The van der Waals surface area contributed by atoms with Gasteiger partial charge in [0.1, 0.15) is 0 Å². The molecule has 0 heterocycles. The highest BCUT2D eigenvalue weighted by Crippen LogP contribution is 2.31. The van der Waals surface area contributed by atoms with Crippen molar-refractivity contribution in [2.24, 2.45) is 0 Å². The molecule has 1 saturated carbocycles. The highest BCUT2D eigenvalue weighted by molar-refractivity contribution is 6.31. The maximum atomic E-state index is 12.4. The van der Waals surface area contributed by atoms with E-state index in [-0.39, 0.29) is 12.3 Å². The van der Waals surface area contributed by atoms with Crippen LogP contribution >= 0.6 is 11.6 Å². The van der Waals surface area contributed by atoms with Crippen molar-refractivity contribution in [3.8, 4) is 0 Å². The third-order valence-corrected chi connectivity index (χ3v) is 4.52. The second kappa shape index (κ2) is 6.48. The van der Waals surface area contributed by atoms with Crippen molar-refractivity contribution in [3.63, 3.8) is 0 Å². The van der Waals surface area contributed by atoms with Crippen molar-refractivity contribution in [2.45, 2.75) is 51.0 Å². The first-order chi connectivity index (χ1) is 9.92. The first-order valence-electron chi connectivity index (χ1n) is 7.22. The second-order valence-electron chi connectivity index (χ2n) is 5.83. The Balaban J connectivity index is 2.17. The topological polar surface area (TPSA) is 66.4 Å². The van der Waals surface area contributed by atoms with Gasteiger partial charge in [0.25, 0.3) is 5.91 Å². The van der Waals surface area contributed by atoms with Crippen LogP contribution in [0.15, 0.2) is 18.2 Å². The molecule has 4 nitrogen and oxygen atoms in total. The van der Waals surface area contributed by atoms with Gasteiger partial charge in [0.05, 0.1) is 12.0 Å². The summed E-state index contributed by atoms with van der Waals surface area (Å²) in [7, 11) is 0. The molecule has 21 heavy (non-hydrogen) atoms. The maximum Gasteiger partial charge on any atom is 0.305 e. The standard InChI is InChI=1S/C16H20ClNO3/c1-11-5-6-12(9-13(11)17)15(21)18-16(10-14(19)20)7-3-2-4-8-16/h5-6,9H,2-4,7-8,10H2,1H3,(H,18,21)(H,19,20). The summed E-state index contributed by atoms with van der Waals surface area (Å²) in [5.41, 5.74) is 0.755. The van der Waals surface area contributed by atoms with Crippen LogP contribution in [0.3, 0.4) is 0 Å². The van der Waals surface area contributed by atoms with E-state index in [0.717, 1.165) is 24.8 Å². The largest absolute Gasteiger partial charge is 0.481 e. The third kappa shape index (κ3) is 3.97. The number of carboxylic acids is 1. The molecule has 0 aliphatic heterocycles. The molecule has 2 rings (SSSR count). The van der Waals surface area contributed by atoms with Crippen molar-refractivity contribution in [1.29, 1.82) is 0 Å². The van der Waals surface area contributed by atoms with Crippen LogP contribution in [0.4, 0.5) is 0 Å². The van der Waals surface area contributed by atoms with Gasteiger partial charge in [-0.25, -0.2) is 0 Å². The number of halogens is 1. The molecule has 1 fully saturated rings. The molecule has 0 radical (unpaired) electrons. The van der Waals surface area contributed by atoms with Crippen LogP contribution in [0.5, 0.6) is 0 Å². The van der Waals surface area contributed by atoms with Gasteiger partial charge in [0.2, 0.25) is 0 Å². The molecule has 1 aromatic rings. The summed E-state index contributed by atoms with van der Waals surface area (Å²) in [5.74, 6) is -1.13. The van der Waals surface area contributed by atoms with E-state index >= 15 is 0 Å². The van der Waals surface area contributed by atoms with Gasteiger partial charge in [-0.2, -0.15) is 0 Å². The summed E-state index contributed by atoms with van der Waals surface area (Å²) in [4.78, 5) is 23.5. The van der Waals surface area contributed by atoms with Gasteiger partial charge in [-0.15, -0.1) is 0 Å². The van der Waals surface area contributed by atoms with Gasteiger partial charge in [-0.05, 0) is 37.5 Å². The van der Waals surface area contributed by atoms with E-state index in [1.165, 1.54) is 0 Å². The summed E-state index contributed by atoms with van der Waals surface area (Å²) in [6, 6.07) is 5.14. The predicted octanol–water partition coefficient (Wildman–Crippen LogP) is 3.56. The van der Waals surface area contributed by atoms with Crippen LogP contribution in [-0.4, -0.2) is 22.5 Å². The lowest BCUT2D eigenvalue weighted by molar-refractivity contribution is -0.139. The van der Waals surface area contributed by atoms with E-state index in [0.29, 0.717) is 23.4 Å². The molecular formula is C16H20ClNO3. The van der Waals surface area contributed by atoms with Crippen molar-refractivity contribution >= 4 is 23.5 Å². The molecule has 0 bridgehead atoms. The smallest absolute Gasteiger partial charge is 0.305 e. The Morgan fingerprint density at radius 3 is 2.52 bits per heavy atom. The molecule has 0 spiro atoms. The molecule has 2 N–H and O–H groups in total. The maximum absolute atomic E-state index is 12.4. The van der Waals surface area contributed by atoms with Crippen LogP contribution in [-0.2, 0) is 4.79 Å². The number of amides is 1. The summed E-state index contributed by atoms with van der Waals surface area (Å²) in [6.45, 7) is 1.87. The summed E-state index contributed by atoms with van der Waals surface area (Å²) < 4.78 is 0. The minimum Gasteiger partial charge on any atom is -0.481 e. The number of rotatable bonds is 4. The number of aliphatic carboxylic acids is 1. The summed E-state index contributed by atoms with van der Waals surface area (Å²) in [5, 5.41) is 12.6. The fraction of sp³-hybridized carbons (Fsp3) is 0.500. The Labute approximate surface area is 129 Å². The Bertz CT molecular complexity index is 550. The number of nitrogens with one attached hydrogen (secondary N) is 1. The number of carboxylic acid groups (broad SMARTS) is 1. The van der Waals surface area contributed by atoms with Gasteiger partial charge in [0, 0.05) is 10.6 Å². The fourth-order valence-corrected chi connectivity index (χ4v) is 3.09. The zero-order valence-corrected chi connectivity index (χ0v) is 12.9. The predicted molar refractivity (Wildman–Crippen MR) is 81.7 cm³/mol. The summed E-state index contributed by atoms with van der Waals surface area (Å²) in [6.07, 6.45) is 4.38. The average molecular weight is 310 g/mol. The number of hydrogen-bond donors (Lipinski definition) is 2. The van der Waals surface area contributed by atoms with Gasteiger partial charge in [-0.1, -0.05) is 36.9 Å². The summed E-state index contributed by atoms with van der Waals surface area (Å²) >= 11 is 6.05. The first kappa shape index (κ1) is 15.8. The molecule has 1 aliphatic rings. The first-order valence-corrected chi connectivity index (χ1v) is 7.60. The molecule has 5 heteroatoms. The van der Waals surface area contributed by atoms with Crippen LogP contribution in [0, 0.1) is 6.92 Å². The Hall–Kier alpha value is -1.55. The van der Waals surface area contributed by atoms with E-state index in [1.807, 2.05) is 6.92 Å². The third-order valence-electron chi connectivity index (χ3n) is 4.11. The molecule has 1 amide bonds. The quantitative estimate of drug-likeness (QED) is 0.893. The Morgan fingerprint density at radius 1 is 1.29 bits per heavy atom. The monoisotopic (exact) mass is 309 g/mol. The number of aryl methyl sites for hydroxylation is 1. The minimum atomic E-state index is -0.876. The molecular weight excluding hydrogens is 290 g/mol. The van der Waals surface area contributed by atoms with Crippen molar-refractivity contribution < 1.29 is 14.7 Å². The number of carbonyl (C=O) groups is 2. The van der Waals surface area contributed by atoms with Crippen LogP contribution in [0.25, 0.3) is 0 Å². The molecule has 0 saturated heterocycles. The highest BCUT2D eigenvalue weighted by Gasteiger charge is 2.36. The van der Waals surface area contributed by atoms with Crippen molar-refractivity contribution in [1.82, 2.24) is 5.32 Å². The van der Waals surface area contributed by atoms with E-state index in [2.05, 4.69) is 5.32 Å². The lowest BCUT2D eigenvalue weighted by Crippen LogP contribution is -2.51. The fourth-order valence-electron chi connectivity index (χ4n) is 2.91. The molecule has 0 atom stereocenters. The molecule has 0 aromatic heterocycles. The van der Waals surface area contributed by atoms with Crippen molar-refractivity contribution in [3.05, 3.63) is 34.3 Å².